The van der Waals surface area contributed by atoms with Gasteiger partial charge in [0.2, 0.25) is 0 Å². The van der Waals surface area contributed by atoms with Crippen molar-refractivity contribution in [2.45, 2.75) is 19.5 Å². The van der Waals surface area contributed by atoms with Crippen molar-refractivity contribution in [3.05, 3.63) is 65.2 Å². The number of likely N-dealkylation sites (N-methyl/N-ethyl adjacent to an activating group) is 1. The van der Waals surface area contributed by atoms with Crippen molar-refractivity contribution >= 4 is 0 Å². The van der Waals surface area contributed by atoms with Crippen LogP contribution in [0.1, 0.15) is 16.7 Å². The Kier molecular flexibility index (Phi) is 5.78. The van der Waals surface area contributed by atoms with E-state index in [0.717, 1.165) is 30.8 Å². The zero-order valence-electron chi connectivity index (χ0n) is 12.9. The maximum atomic E-state index is 5.72. The van der Waals surface area contributed by atoms with Crippen LogP contribution in [0, 0.1) is 0 Å². The van der Waals surface area contributed by atoms with Crippen LogP contribution >= 0.6 is 0 Å². The van der Waals surface area contributed by atoms with E-state index in [4.69, 9.17) is 10.5 Å². The van der Waals surface area contributed by atoms with E-state index in [0.29, 0.717) is 6.54 Å². The molecule has 0 spiro atoms. The van der Waals surface area contributed by atoms with Gasteiger partial charge >= 0.3 is 0 Å². The highest BCUT2D eigenvalue weighted by molar-refractivity contribution is 5.37. The summed E-state index contributed by atoms with van der Waals surface area (Å²) >= 11 is 0. The standard InChI is InChI=1S/C18H24N2O/c1-20(11-10-15-6-4-3-5-7-15)14-17-12-16(13-19)8-9-18(17)21-2/h3-9,12H,10-11,13-14,19H2,1-2H3. The SMILES string of the molecule is COc1ccc(CN)cc1CN(C)CCc1ccccc1. The van der Waals surface area contributed by atoms with E-state index < -0.39 is 0 Å². The molecule has 112 valence electrons. The molecule has 0 aliphatic heterocycles. The summed E-state index contributed by atoms with van der Waals surface area (Å²) in [7, 11) is 3.85. The first kappa shape index (κ1) is 15.5. The highest BCUT2D eigenvalue weighted by Gasteiger charge is 2.07. The van der Waals surface area contributed by atoms with E-state index in [1.165, 1.54) is 11.1 Å². The van der Waals surface area contributed by atoms with Crippen molar-refractivity contribution in [3.8, 4) is 5.75 Å². The molecule has 0 radical (unpaired) electrons. The molecule has 3 nitrogen and oxygen atoms in total. The zero-order valence-corrected chi connectivity index (χ0v) is 12.9. The molecule has 0 saturated carbocycles. The number of ether oxygens (including phenoxy) is 1. The third-order valence-electron chi connectivity index (χ3n) is 3.65. The molecule has 21 heavy (non-hydrogen) atoms. The quantitative estimate of drug-likeness (QED) is 0.849. The Morgan fingerprint density at radius 1 is 1.05 bits per heavy atom. The van der Waals surface area contributed by atoms with Gasteiger partial charge in [0.1, 0.15) is 5.75 Å². The van der Waals surface area contributed by atoms with Crippen LogP contribution in [0.5, 0.6) is 5.75 Å². The maximum absolute atomic E-state index is 5.72. The average molecular weight is 284 g/mol. The van der Waals surface area contributed by atoms with Crippen molar-refractivity contribution < 1.29 is 4.74 Å². The van der Waals surface area contributed by atoms with E-state index in [2.05, 4.69) is 48.3 Å². The smallest absolute Gasteiger partial charge is 0.123 e. The first-order chi connectivity index (χ1) is 10.2. The average Bonchev–Trinajstić information content (AvgIpc) is 2.54. The maximum Gasteiger partial charge on any atom is 0.123 e. The van der Waals surface area contributed by atoms with Gasteiger partial charge in [-0.3, -0.25) is 0 Å². The molecule has 0 bridgehead atoms. The number of rotatable bonds is 7. The Hall–Kier alpha value is -1.84. The summed E-state index contributed by atoms with van der Waals surface area (Å²) < 4.78 is 5.44. The number of nitrogens with two attached hydrogens (primary N) is 1. The molecule has 0 saturated heterocycles. The summed E-state index contributed by atoms with van der Waals surface area (Å²) in [5.41, 5.74) is 9.42. The van der Waals surface area contributed by atoms with Crippen LogP contribution in [0.3, 0.4) is 0 Å². The lowest BCUT2D eigenvalue weighted by Gasteiger charge is -2.19. The van der Waals surface area contributed by atoms with Crippen molar-refractivity contribution in [2.75, 3.05) is 20.7 Å². The van der Waals surface area contributed by atoms with Crippen molar-refractivity contribution in [3.63, 3.8) is 0 Å². The van der Waals surface area contributed by atoms with E-state index >= 15 is 0 Å². The molecule has 0 heterocycles. The summed E-state index contributed by atoms with van der Waals surface area (Å²) in [6.45, 7) is 2.44. The summed E-state index contributed by atoms with van der Waals surface area (Å²) in [5.74, 6) is 0.929. The van der Waals surface area contributed by atoms with Gasteiger partial charge < -0.3 is 15.4 Å². The Morgan fingerprint density at radius 2 is 1.81 bits per heavy atom. The minimum Gasteiger partial charge on any atom is -0.496 e. The van der Waals surface area contributed by atoms with Gasteiger partial charge in [0.05, 0.1) is 7.11 Å². The Balaban J connectivity index is 1.97. The Bertz CT molecular complexity index is 554. The first-order valence-corrected chi connectivity index (χ1v) is 7.31. The van der Waals surface area contributed by atoms with Gasteiger partial charge in [-0.1, -0.05) is 36.4 Å². The molecule has 0 unspecified atom stereocenters. The van der Waals surface area contributed by atoms with Gasteiger partial charge in [-0.2, -0.15) is 0 Å². The van der Waals surface area contributed by atoms with Crippen LogP contribution < -0.4 is 10.5 Å². The third kappa shape index (κ3) is 4.59. The molecule has 2 aromatic carbocycles. The second-order valence-electron chi connectivity index (χ2n) is 5.32. The Morgan fingerprint density at radius 3 is 2.48 bits per heavy atom. The van der Waals surface area contributed by atoms with Crippen LogP contribution in [0.15, 0.2) is 48.5 Å². The van der Waals surface area contributed by atoms with Gasteiger partial charge in [0.25, 0.3) is 0 Å². The molecule has 0 aliphatic rings. The largest absolute Gasteiger partial charge is 0.496 e. The number of methoxy groups -OCH3 is 1. The summed E-state index contributed by atoms with van der Waals surface area (Å²) in [6, 6.07) is 16.7. The molecule has 2 N–H and O–H groups in total. The molecule has 0 atom stereocenters. The summed E-state index contributed by atoms with van der Waals surface area (Å²) in [4.78, 5) is 2.31. The van der Waals surface area contributed by atoms with E-state index in [1.807, 2.05) is 12.1 Å². The predicted molar refractivity (Wildman–Crippen MR) is 87.4 cm³/mol. The highest BCUT2D eigenvalue weighted by atomic mass is 16.5. The second-order valence-corrected chi connectivity index (χ2v) is 5.32. The van der Waals surface area contributed by atoms with Gasteiger partial charge in [-0.05, 0) is 36.7 Å². The fraction of sp³-hybridized carbons (Fsp3) is 0.333. The predicted octanol–water partition coefficient (Wildman–Crippen LogP) is 2.83. The second kappa shape index (κ2) is 7.81. The van der Waals surface area contributed by atoms with Crippen LogP contribution in [-0.4, -0.2) is 25.6 Å². The molecule has 0 aliphatic carbocycles. The lowest BCUT2D eigenvalue weighted by molar-refractivity contribution is 0.321. The van der Waals surface area contributed by atoms with E-state index in [9.17, 15) is 0 Å². The topological polar surface area (TPSA) is 38.5 Å². The van der Waals surface area contributed by atoms with Gasteiger partial charge in [0, 0.05) is 25.2 Å². The minimum absolute atomic E-state index is 0.560. The fourth-order valence-corrected chi connectivity index (χ4v) is 2.42. The molecular formula is C18H24N2O. The lowest BCUT2D eigenvalue weighted by Crippen LogP contribution is -2.21. The van der Waals surface area contributed by atoms with Crippen molar-refractivity contribution in [1.82, 2.24) is 4.90 Å². The highest BCUT2D eigenvalue weighted by Crippen LogP contribution is 2.21. The van der Waals surface area contributed by atoms with Crippen LogP contribution in [0.25, 0.3) is 0 Å². The first-order valence-electron chi connectivity index (χ1n) is 7.31. The third-order valence-corrected chi connectivity index (χ3v) is 3.65. The monoisotopic (exact) mass is 284 g/mol. The van der Waals surface area contributed by atoms with Crippen molar-refractivity contribution in [2.24, 2.45) is 5.73 Å². The van der Waals surface area contributed by atoms with E-state index in [1.54, 1.807) is 7.11 Å². The number of hydrogen-bond acceptors (Lipinski definition) is 3. The van der Waals surface area contributed by atoms with Gasteiger partial charge in [-0.25, -0.2) is 0 Å². The number of hydrogen-bond donors (Lipinski definition) is 1. The fourth-order valence-electron chi connectivity index (χ4n) is 2.42. The minimum atomic E-state index is 0.560. The van der Waals surface area contributed by atoms with Crippen LogP contribution in [0.2, 0.25) is 0 Å². The molecular weight excluding hydrogens is 260 g/mol. The molecule has 0 amide bonds. The van der Waals surface area contributed by atoms with Gasteiger partial charge in [-0.15, -0.1) is 0 Å². The summed E-state index contributed by atoms with van der Waals surface area (Å²) in [5, 5.41) is 0. The molecule has 2 aromatic rings. The zero-order chi connectivity index (χ0) is 15.1. The number of nitrogens with zero attached hydrogens (tertiary/aromatic N) is 1. The molecule has 3 heteroatoms. The summed E-state index contributed by atoms with van der Waals surface area (Å²) in [6.07, 6.45) is 1.05. The van der Waals surface area contributed by atoms with Crippen LogP contribution in [-0.2, 0) is 19.5 Å². The molecule has 2 rings (SSSR count). The van der Waals surface area contributed by atoms with Crippen molar-refractivity contribution in [1.29, 1.82) is 0 Å². The van der Waals surface area contributed by atoms with E-state index in [-0.39, 0.29) is 0 Å². The molecule has 0 aromatic heterocycles. The Labute approximate surface area is 127 Å². The normalized spacial score (nSPS) is 10.9. The molecule has 0 fully saturated rings. The lowest BCUT2D eigenvalue weighted by atomic mass is 10.1. The number of benzene rings is 2. The van der Waals surface area contributed by atoms with Gasteiger partial charge in [0.15, 0.2) is 0 Å². The van der Waals surface area contributed by atoms with Crippen LogP contribution in [0.4, 0.5) is 0 Å².